The molecule has 1 aliphatic heterocycles. The predicted octanol–water partition coefficient (Wildman–Crippen LogP) is 1.35. The molecule has 2 aliphatic rings. The van der Waals surface area contributed by atoms with Gasteiger partial charge < -0.3 is 15.2 Å². The fourth-order valence-corrected chi connectivity index (χ4v) is 5.56. The number of aromatic amines is 1. The van der Waals surface area contributed by atoms with Gasteiger partial charge in [-0.25, -0.2) is 18.4 Å². The van der Waals surface area contributed by atoms with Gasteiger partial charge in [-0.1, -0.05) is 6.92 Å². The summed E-state index contributed by atoms with van der Waals surface area (Å²) >= 11 is 0. The molecule has 0 radical (unpaired) electrons. The number of fused-ring (bicyclic) bond motifs is 1. The van der Waals surface area contributed by atoms with Crippen LogP contribution in [0.5, 0.6) is 0 Å². The maximum atomic E-state index is 12.9. The van der Waals surface area contributed by atoms with E-state index in [-0.39, 0.29) is 24.2 Å². The molecule has 1 saturated carbocycles. The Morgan fingerprint density at radius 2 is 2.13 bits per heavy atom. The number of hydrogen-bond donors (Lipinski definition) is 2. The summed E-state index contributed by atoms with van der Waals surface area (Å²) in [7, 11) is -1.48. The van der Waals surface area contributed by atoms with Crippen LogP contribution in [0.15, 0.2) is 18.6 Å². The van der Waals surface area contributed by atoms with Crippen molar-refractivity contribution in [1.29, 1.82) is 0 Å². The predicted molar refractivity (Wildman–Crippen MR) is 116 cm³/mol. The molecule has 2 unspecified atom stereocenters. The quantitative estimate of drug-likeness (QED) is 0.649. The second kappa shape index (κ2) is 8.50. The molecule has 2 aromatic rings. The van der Waals surface area contributed by atoms with Crippen LogP contribution < -0.4 is 10.2 Å². The second-order valence-corrected chi connectivity index (χ2v) is 10.6. The zero-order chi connectivity index (χ0) is 21.3. The fourth-order valence-electron chi connectivity index (χ4n) is 4.18. The van der Waals surface area contributed by atoms with Crippen LogP contribution in [-0.2, 0) is 14.8 Å². The molecule has 1 saturated heterocycles. The van der Waals surface area contributed by atoms with Gasteiger partial charge in [-0.3, -0.25) is 4.79 Å². The fraction of sp³-hybridized carbons (Fsp3) is 0.650. The summed E-state index contributed by atoms with van der Waals surface area (Å²) in [5.74, 6) is 1.50. The maximum Gasteiger partial charge on any atom is 0.220 e. The molecule has 0 aromatic carbocycles. The number of piperidine rings is 1. The average molecular weight is 435 g/mol. The summed E-state index contributed by atoms with van der Waals surface area (Å²) in [6.45, 7) is 3.23. The first-order valence-corrected chi connectivity index (χ1v) is 12.2. The number of rotatable bonds is 8. The van der Waals surface area contributed by atoms with Gasteiger partial charge in [0.15, 0.2) is 0 Å². The number of carbonyl (C=O) groups excluding carboxylic acids is 1. The zero-order valence-electron chi connectivity index (χ0n) is 17.5. The largest absolute Gasteiger partial charge is 0.355 e. The molecule has 4 rings (SSSR count). The van der Waals surface area contributed by atoms with E-state index in [2.05, 4.69) is 32.1 Å². The summed E-state index contributed by atoms with van der Waals surface area (Å²) in [4.78, 5) is 25.7. The van der Waals surface area contributed by atoms with Crippen molar-refractivity contribution < 1.29 is 13.2 Å². The Balaban J connectivity index is 1.40. The second-order valence-electron chi connectivity index (χ2n) is 8.55. The molecule has 10 heteroatoms. The molecule has 164 valence electrons. The summed E-state index contributed by atoms with van der Waals surface area (Å²) in [5.41, 5.74) is 0.765. The number of aromatic nitrogens is 3. The molecule has 9 nitrogen and oxygen atoms in total. The van der Waals surface area contributed by atoms with Crippen molar-refractivity contribution >= 4 is 32.8 Å². The third-order valence-electron chi connectivity index (χ3n) is 6.29. The molecule has 2 N–H and O–H groups in total. The van der Waals surface area contributed by atoms with Crippen molar-refractivity contribution in [2.75, 3.05) is 37.3 Å². The van der Waals surface area contributed by atoms with Crippen molar-refractivity contribution in [3.05, 3.63) is 18.6 Å². The minimum absolute atomic E-state index is 0.00554. The van der Waals surface area contributed by atoms with E-state index in [0.29, 0.717) is 31.3 Å². The molecular formula is C20H30N6O3S. The number of sulfonamides is 1. The van der Waals surface area contributed by atoms with E-state index >= 15 is 0 Å². The number of likely N-dealkylation sites (N-methyl/N-ethyl adjacent to an activating group) is 1. The first-order chi connectivity index (χ1) is 14.3. The van der Waals surface area contributed by atoms with Crippen LogP contribution in [0.1, 0.15) is 32.6 Å². The van der Waals surface area contributed by atoms with Gasteiger partial charge in [0, 0.05) is 45.3 Å². The lowest BCUT2D eigenvalue weighted by Gasteiger charge is -2.41. The monoisotopic (exact) mass is 434 g/mol. The molecule has 3 heterocycles. The molecule has 1 amide bonds. The van der Waals surface area contributed by atoms with Gasteiger partial charge in [0.2, 0.25) is 15.9 Å². The molecule has 2 aromatic heterocycles. The number of nitrogens with one attached hydrogen (secondary N) is 2. The molecule has 2 atom stereocenters. The summed E-state index contributed by atoms with van der Waals surface area (Å²) in [6, 6.07) is 1.94. The van der Waals surface area contributed by atoms with Crippen LogP contribution in [0.3, 0.4) is 0 Å². The number of anilines is 1. The number of nitrogens with zero attached hydrogens (tertiary/aromatic N) is 4. The lowest BCUT2D eigenvalue weighted by Crippen LogP contribution is -2.53. The summed E-state index contributed by atoms with van der Waals surface area (Å²) in [6.07, 6.45) is 6.86. The average Bonchev–Trinajstić information content (AvgIpc) is 3.38. The topological polar surface area (TPSA) is 111 Å². The van der Waals surface area contributed by atoms with Gasteiger partial charge in [-0.15, -0.1) is 0 Å². The molecule has 30 heavy (non-hydrogen) atoms. The normalized spacial score (nSPS) is 22.9. The molecule has 1 aliphatic carbocycles. The molecule has 0 bridgehead atoms. The highest BCUT2D eigenvalue weighted by Gasteiger charge is 2.35. The van der Waals surface area contributed by atoms with Gasteiger partial charge in [-0.05, 0) is 37.2 Å². The Morgan fingerprint density at radius 3 is 2.90 bits per heavy atom. The number of carbonyl (C=O) groups is 1. The van der Waals surface area contributed by atoms with Crippen LogP contribution in [0.25, 0.3) is 11.0 Å². The Labute approximate surface area is 177 Å². The Kier molecular flexibility index (Phi) is 5.97. The Morgan fingerprint density at radius 1 is 1.33 bits per heavy atom. The number of hydrogen-bond acceptors (Lipinski definition) is 6. The van der Waals surface area contributed by atoms with Gasteiger partial charge >= 0.3 is 0 Å². The minimum atomic E-state index is -3.44. The first-order valence-electron chi connectivity index (χ1n) is 10.6. The number of amides is 1. The summed E-state index contributed by atoms with van der Waals surface area (Å²) < 4.78 is 27.4. The van der Waals surface area contributed by atoms with Gasteiger partial charge in [0.05, 0.1) is 11.1 Å². The van der Waals surface area contributed by atoms with Gasteiger partial charge in [0.25, 0.3) is 0 Å². The lowest BCUT2D eigenvalue weighted by molar-refractivity contribution is -0.121. The van der Waals surface area contributed by atoms with Crippen LogP contribution in [0.4, 0.5) is 5.82 Å². The third kappa shape index (κ3) is 4.59. The van der Waals surface area contributed by atoms with E-state index in [1.54, 1.807) is 4.31 Å². The number of H-pyrrole nitrogens is 1. The van der Waals surface area contributed by atoms with Crippen molar-refractivity contribution in [3.8, 4) is 0 Å². The highest BCUT2D eigenvalue weighted by atomic mass is 32.2. The van der Waals surface area contributed by atoms with Crippen molar-refractivity contribution in [1.82, 2.24) is 24.6 Å². The van der Waals surface area contributed by atoms with Crippen molar-refractivity contribution in [2.45, 2.75) is 38.6 Å². The standard InChI is InChI=1S/C20H30N6O3S/c1-14-6-9-26(30(28,29)10-8-21-18(27)11-15-3-4-15)12-17(14)25(2)20-16-5-7-22-19(16)23-13-24-20/h5,7,13-15,17H,3-4,6,8-12H2,1-2H3,(H,21,27)(H,22,23,24). The maximum absolute atomic E-state index is 12.9. The van der Waals surface area contributed by atoms with Crippen molar-refractivity contribution in [2.24, 2.45) is 11.8 Å². The minimum Gasteiger partial charge on any atom is -0.355 e. The SMILES string of the molecule is CC1CCN(S(=O)(=O)CCNC(=O)CC2CC2)CC1N(C)c1ncnc2[nH]ccc12. The van der Waals surface area contributed by atoms with E-state index in [4.69, 9.17) is 0 Å². The Bertz CT molecular complexity index is 1000. The molecular weight excluding hydrogens is 404 g/mol. The van der Waals surface area contributed by atoms with Crippen LogP contribution in [-0.4, -0.2) is 72.1 Å². The van der Waals surface area contributed by atoms with E-state index < -0.39 is 10.0 Å². The highest BCUT2D eigenvalue weighted by molar-refractivity contribution is 7.89. The van der Waals surface area contributed by atoms with E-state index in [1.165, 1.54) is 6.33 Å². The zero-order valence-corrected chi connectivity index (χ0v) is 18.4. The molecule has 0 spiro atoms. The van der Waals surface area contributed by atoms with E-state index in [0.717, 1.165) is 36.1 Å². The smallest absolute Gasteiger partial charge is 0.220 e. The van der Waals surface area contributed by atoms with E-state index in [9.17, 15) is 13.2 Å². The van der Waals surface area contributed by atoms with Gasteiger partial charge in [-0.2, -0.15) is 4.31 Å². The van der Waals surface area contributed by atoms with Crippen LogP contribution >= 0.6 is 0 Å². The molecule has 2 fully saturated rings. The Hall–Kier alpha value is -2.20. The lowest BCUT2D eigenvalue weighted by atomic mass is 9.93. The van der Waals surface area contributed by atoms with E-state index in [1.807, 2.05) is 19.3 Å². The third-order valence-corrected chi connectivity index (χ3v) is 8.13. The first kappa shape index (κ1) is 21.0. The van der Waals surface area contributed by atoms with Gasteiger partial charge in [0.1, 0.15) is 17.8 Å². The van der Waals surface area contributed by atoms with Crippen LogP contribution in [0, 0.1) is 11.8 Å². The summed E-state index contributed by atoms with van der Waals surface area (Å²) in [5, 5.41) is 3.68. The van der Waals surface area contributed by atoms with Crippen LogP contribution in [0.2, 0.25) is 0 Å². The highest BCUT2D eigenvalue weighted by Crippen LogP contribution is 2.32. The van der Waals surface area contributed by atoms with Crippen molar-refractivity contribution in [3.63, 3.8) is 0 Å².